The first kappa shape index (κ1) is 17.6. The summed E-state index contributed by atoms with van der Waals surface area (Å²) in [6.45, 7) is 3.87. The zero-order chi connectivity index (χ0) is 8.08. The molecule has 0 aromatic heterocycles. The van der Waals surface area contributed by atoms with Crippen LogP contribution in [0, 0.1) is 40.4 Å². The van der Waals surface area contributed by atoms with Gasteiger partial charge >= 0.3 is 9.05 Å². The van der Waals surface area contributed by atoms with E-state index in [0.29, 0.717) is 0 Å². The molecule has 0 atom stereocenters. The Morgan fingerprint density at radius 2 is 1.10 bits per heavy atom. The molecule has 0 saturated carbocycles. The van der Waals surface area contributed by atoms with Crippen molar-refractivity contribution < 1.29 is 59.6 Å². The van der Waals surface area contributed by atoms with Crippen molar-refractivity contribution in [2.24, 2.45) is 0 Å². The fourth-order valence-electron chi connectivity index (χ4n) is 0. The number of rotatable bonds is 0. The summed E-state index contributed by atoms with van der Waals surface area (Å²) in [7, 11) is -5.24. The van der Waals surface area contributed by atoms with Gasteiger partial charge in [-0.3, -0.25) is 0 Å². The topological polar surface area (TPSA) is 105 Å². The molecule has 0 aliphatic rings. The fourth-order valence-corrected chi connectivity index (χ4v) is 0. The molecule has 8 heteroatoms. The van der Waals surface area contributed by atoms with Gasteiger partial charge in [-0.05, 0) is 0 Å². The van der Waals surface area contributed by atoms with E-state index < -0.39 is 18.0 Å². The van der Waals surface area contributed by atoms with Gasteiger partial charge in [-0.25, -0.2) is 0 Å². The van der Waals surface area contributed by atoms with Crippen molar-refractivity contribution in [1.29, 1.82) is 0 Å². The molecule has 0 unspecified atom stereocenters. The molecule has 0 bridgehead atoms. The molecule has 1 radical (unpaired) electrons. The molecule has 0 fully saturated rings. The van der Waals surface area contributed by atoms with E-state index in [1.54, 1.807) is 0 Å². The Morgan fingerprint density at radius 1 is 1.10 bits per heavy atom. The molecule has 0 aliphatic heterocycles. The molecular weight excluding hydrogens is 309 g/mol. The third kappa shape index (κ3) is 285. The zero-order valence-corrected chi connectivity index (χ0v) is 10.3. The van der Waals surface area contributed by atoms with Crippen LogP contribution < -0.4 is 0 Å². The Bertz CT molecular complexity index is 58.0. The normalized spacial score (nSPS) is 9.60. The van der Waals surface area contributed by atoms with Gasteiger partial charge in [-0.1, -0.05) is 22.1 Å². The predicted octanol–water partition coefficient (Wildman–Crippen LogP) is -1.32. The summed E-state index contributed by atoms with van der Waals surface area (Å²) in [6, 6.07) is 0. The van der Waals surface area contributed by atoms with Gasteiger partial charge < -0.3 is 24.6 Å². The van der Waals surface area contributed by atoms with Crippen LogP contribution in [0.25, 0.3) is 5.40 Å². The molecule has 0 rings (SSSR count). The second-order valence-corrected chi connectivity index (χ2v) is 4.80. The average Bonchev–Trinajstić information content (AvgIpc) is 1.19. The summed E-state index contributed by atoms with van der Waals surface area (Å²) >= 11 is 0. The van der Waals surface area contributed by atoms with Crippen LogP contribution in [0.15, 0.2) is 0 Å². The summed E-state index contributed by atoms with van der Waals surface area (Å²) in [5.74, 6) is 0. The Morgan fingerprint density at radius 3 is 1.10 bits per heavy atom. The monoisotopic (exact) mass is 321 g/mol. The fraction of sp³-hybridized carbons (Fsp3) is 1.00. The number of hydrogen-bond donors (Lipinski definition) is 4. The van der Waals surface area contributed by atoms with Crippen molar-refractivity contribution in [2.75, 3.05) is 0 Å². The number of nitrogens with one attached hydrogen (secondary N) is 1. The first-order valence-corrected chi connectivity index (χ1v) is 6.43. The van der Waals surface area contributed by atoms with Crippen LogP contribution in [0.5, 0.6) is 0 Å². The maximum absolute atomic E-state index is 7.33. The quantitative estimate of drug-likeness (QED) is 0.416. The Kier molecular flexibility index (Phi) is 15.3. The molecule has 0 aromatic rings. The smallest absolute Gasteiger partial charge is 0.668 e. The van der Waals surface area contributed by atoms with E-state index in [9.17, 15) is 0 Å². The van der Waals surface area contributed by atoms with E-state index in [2.05, 4.69) is 0 Å². The maximum Gasteiger partial charge on any atom is 0.668 e. The van der Waals surface area contributed by atoms with Crippen LogP contribution in [-0.4, -0.2) is 37.2 Å². The van der Waals surface area contributed by atoms with Crippen molar-refractivity contribution in [3.8, 4) is 0 Å². The maximum atomic E-state index is 7.33. The van der Waals surface area contributed by atoms with Gasteiger partial charge in [0.1, 0.15) is 0 Å². The molecule has 0 heterocycles. The summed E-state index contributed by atoms with van der Waals surface area (Å²) in [5.41, 5.74) is 0. The Hall–Kier alpha value is 1.57. The summed E-state index contributed by atoms with van der Waals surface area (Å²) < 4.78 is 0. The molecule has 0 saturated heterocycles. The van der Waals surface area contributed by atoms with Crippen LogP contribution in [0.2, 0.25) is 13.1 Å². The third-order valence-corrected chi connectivity index (χ3v) is 0. The van der Waals surface area contributed by atoms with Crippen molar-refractivity contribution >= 4 is 18.0 Å². The van der Waals surface area contributed by atoms with Crippen molar-refractivity contribution in [2.45, 2.75) is 13.1 Å². The molecule has 5 N–H and O–H groups in total. The minimum Gasteiger partial charge on any atom is -0.683 e. The minimum atomic E-state index is -4.61. The minimum absolute atomic E-state index is 0. The summed E-state index contributed by atoms with van der Waals surface area (Å²) in [5, 5.41) is 6.69. The summed E-state index contributed by atoms with van der Waals surface area (Å²) in [4.78, 5) is 29.3. The van der Waals surface area contributed by atoms with Gasteiger partial charge in [-0.15, -0.1) is 0 Å². The molecule has 10 heavy (non-hydrogen) atoms. The van der Waals surface area contributed by atoms with E-state index in [4.69, 9.17) is 24.6 Å². The molecule has 5 nitrogen and oxygen atoms in total. The van der Waals surface area contributed by atoms with Gasteiger partial charge in [0.2, 0.25) is 0 Å². The van der Waals surface area contributed by atoms with Crippen molar-refractivity contribution in [3.63, 3.8) is 0 Å². The van der Waals surface area contributed by atoms with Gasteiger partial charge in [0.25, 0.3) is 0 Å². The van der Waals surface area contributed by atoms with Gasteiger partial charge in [0, 0.05) is 40.4 Å². The van der Waals surface area contributed by atoms with E-state index in [1.165, 1.54) is 0 Å². The summed E-state index contributed by atoms with van der Waals surface area (Å²) in [6.07, 6.45) is 0. The molecule has 0 spiro atoms. The predicted molar refractivity (Wildman–Crippen MR) is 36.4 cm³/mol. The number of hydrogen-bond acceptors (Lipinski definition) is 4. The van der Waals surface area contributed by atoms with Gasteiger partial charge in [-0.2, -0.15) is 0 Å². The standard InChI is InChI=1S/C2H7NSi.H4O4Si.Sm/c1-4(2)3;1-5(2,3)4;/h3H,1-2H3;1-4H;/q-1;;. The molecular formula is C2H11NO4Si2Sm-. The Labute approximate surface area is 95.2 Å². The van der Waals surface area contributed by atoms with E-state index in [1.807, 2.05) is 13.1 Å². The zero-order valence-electron chi connectivity index (χ0n) is 5.70. The largest absolute Gasteiger partial charge is 0.683 e. The first-order chi connectivity index (χ1) is 3.73. The molecule has 0 aliphatic carbocycles. The van der Waals surface area contributed by atoms with Crippen molar-refractivity contribution in [3.05, 3.63) is 5.40 Å². The molecule has 0 amide bonds. The molecule has 63 valence electrons. The second-order valence-electron chi connectivity index (χ2n) is 1.60. The van der Waals surface area contributed by atoms with Gasteiger partial charge in [0.05, 0.1) is 0 Å². The van der Waals surface area contributed by atoms with E-state index in [0.717, 1.165) is 0 Å². The van der Waals surface area contributed by atoms with Crippen LogP contribution in [0.1, 0.15) is 0 Å². The van der Waals surface area contributed by atoms with Crippen LogP contribution >= 0.6 is 0 Å². The van der Waals surface area contributed by atoms with E-state index in [-0.39, 0.29) is 40.4 Å². The van der Waals surface area contributed by atoms with Crippen molar-refractivity contribution in [1.82, 2.24) is 0 Å². The van der Waals surface area contributed by atoms with Crippen LogP contribution in [0.3, 0.4) is 0 Å². The second kappa shape index (κ2) is 8.67. The van der Waals surface area contributed by atoms with Gasteiger partial charge in [0.15, 0.2) is 0 Å². The average molecular weight is 320 g/mol. The SMILES string of the molecule is C[Si](C)[NH-].O[Si](O)(O)O.[Sm]. The van der Waals surface area contributed by atoms with E-state index >= 15 is 0 Å². The van der Waals surface area contributed by atoms with Crippen LogP contribution in [-0.2, 0) is 0 Å². The molecule has 0 aromatic carbocycles. The Balaban J connectivity index is -0.0000000910. The first-order valence-electron chi connectivity index (χ1n) is 2.14. The third-order valence-electron chi connectivity index (χ3n) is 0. The van der Waals surface area contributed by atoms with Crippen LogP contribution in [0.4, 0.5) is 0 Å².